The standard InChI is InChI=1S/C15H15FN2O3/c1-9-5-4-6-12(14(9)16)21-15-11(7-8-13(19)20)10(2)17-18(15)3/h4-8H,1-3H3,(H,19,20)/b8-7+. The first-order valence-corrected chi connectivity index (χ1v) is 6.27. The van der Waals surface area contributed by atoms with Crippen LogP contribution in [0.2, 0.25) is 0 Å². The molecule has 2 rings (SSSR count). The zero-order chi connectivity index (χ0) is 15.6. The molecule has 1 heterocycles. The average molecular weight is 290 g/mol. The molecular formula is C15H15FN2O3. The fourth-order valence-corrected chi connectivity index (χ4v) is 1.92. The number of halogens is 1. The van der Waals surface area contributed by atoms with Gasteiger partial charge < -0.3 is 9.84 Å². The third-order valence-corrected chi connectivity index (χ3v) is 2.97. The van der Waals surface area contributed by atoms with Crippen LogP contribution in [0, 0.1) is 19.7 Å². The van der Waals surface area contributed by atoms with Crippen molar-refractivity contribution in [3.8, 4) is 11.6 Å². The molecule has 0 saturated carbocycles. The first kappa shape index (κ1) is 14.8. The monoisotopic (exact) mass is 290 g/mol. The Kier molecular flexibility index (Phi) is 4.07. The van der Waals surface area contributed by atoms with Gasteiger partial charge in [0.1, 0.15) is 0 Å². The summed E-state index contributed by atoms with van der Waals surface area (Å²) >= 11 is 0. The summed E-state index contributed by atoms with van der Waals surface area (Å²) in [5.41, 5.74) is 1.56. The number of hydrogen-bond donors (Lipinski definition) is 1. The zero-order valence-corrected chi connectivity index (χ0v) is 11.9. The number of aryl methyl sites for hydroxylation is 3. The third kappa shape index (κ3) is 3.10. The molecule has 0 aliphatic carbocycles. The number of benzene rings is 1. The largest absolute Gasteiger partial charge is 0.478 e. The number of carboxylic acids is 1. The Balaban J connectivity index is 2.44. The van der Waals surface area contributed by atoms with E-state index in [1.54, 1.807) is 33.0 Å². The van der Waals surface area contributed by atoms with Crippen LogP contribution in [0.4, 0.5) is 4.39 Å². The maximum absolute atomic E-state index is 14.0. The smallest absolute Gasteiger partial charge is 0.328 e. The highest BCUT2D eigenvalue weighted by Crippen LogP contribution is 2.30. The molecule has 0 atom stereocenters. The Morgan fingerprint density at radius 2 is 2.14 bits per heavy atom. The lowest BCUT2D eigenvalue weighted by Gasteiger charge is -2.09. The number of aliphatic carboxylic acids is 1. The van der Waals surface area contributed by atoms with Gasteiger partial charge in [0.05, 0.1) is 11.3 Å². The van der Waals surface area contributed by atoms with E-state index in [0.29, 0.717) is 16.8 Å². The van der Waals surface area contributed by atoms with Gasteiger partial charge >= 0.3 is 5.97 Å². The maximum Gasteiger partial charge on any atom is 0.328 e. The molecule has 0 radical (unpaired) electrons. The molecule has 110 valence electrons. The van der Waals surface area contributed by atoms with Gasteiger partial charge in [-0.2, -0.15) is 5.10 Å². The highest BCUT2D eigenvalue weighted by molar-refractivity contribution is 5.86. The molecule has 0 amide bonds. The lowest BCUT2D eigenvalue weighted by molar-refractivity contribution is -0.131. The first-order valence-electron chi connectivity index (χ1n) is 6.27. The number of ether oxygens (including phenoxy) is 1. The molecule has 1 aromatic heterocycles. The summed E-state index contributed by atoms with van der Waals surface area (Å²) in [6.45, 7) is 3.36. The second-order valence-electron chi connectivity index (χ2n) is 4.59. The molecule has 0 spiro atoms. The summed E-state index contributed by atoms with van der Waals surface area (Å²) < 4.78 is 21.0. The van der Waals surface area contributed by atoms with Gasteiger partial charge in [0.15, 0.2) is 11.6 Å². The molecule has 1 aromatic carbocycles. The van der Waals surface area contributed by atoms with Crippen LogP contribution in [0.15, 0.2) is 24.3 Å². The summed E-state index contributed by atoms with van der Waals surface area (Å²) in [5, 5.41) is 12.9. The molecule has 0 aliphatic heterocycles. The topological polar surface area (TPSA) is 64.3 Å². The average Bonchev–Trinajstić information content (AvgIpc) is 2.67. The molecule has 5 nitrogen and oxygen atoms in total. The maximum atomic E-state index is 14.0. The third-order valence-electron chi connectivity index (χ3n) is 2.97. The van der Waals surface area contributed by atoms with Gasteiger partial charge in [-0.25, -0.2) is 13.9 Å². The molecule has 0 saturated heterocycles. The number of hydrogen-bond acceptors (Lipinski definition) is 3. The normalized spacial score (nSPS) is 11.0. The number of carbonyl (C=O) groups is 1. The molecule has 0 aliphatic rings. The quantitative estimate of drug-likeness (QED) is 0.879. The zero-order valence-electron chi connectivity index (χ0n) is 11.9. The van der Waals surface area contributed by atoms with Crippen LogP contribution in [-0.2, 0) is 11.8 Å². The summed E-state index contributed by atoms with van der Waals surface area (Å²) in [5.74, 6) is -1.17. The number of aromatic nitrogens is 2. The van der Waals surface area contributed by atoms with E-state index < -0.39 is 11.8 Å². The Bertz CT molecular complexity index is 720. The Labute approximate surface area is 121 Å². The lowest BCUT2D eigenvalue weighted by Crippen LogP contribution is -1.98. The van der Waals surface area contributed by atoms with E-state index in [-0.39, 0.29) is 11.6 Å². The van der Waals surface area contributed by atoms with Crippen LogP contribution in [0.1, 0.15) is 16.8 Å². The van der Waals surface area contributed by atoms with Gasteiger partial charge in [-0.15, -0.1) is 0 Å². The highest BCUT2D eigenvalue weighted by Gasteiger charge is 2.16. The van der Waals surface area contributed by atoms with E-state index in [1.165, 1.54) is 16.8 Å². The molecule has 21 heavy (non-hydrogen) atoms. The second kappa shape index (κ2) is 5.78. The van der Waals surface area contributed by atoms with Crippen molar-refractivity contribution in [1.82, 2.24) is 9.78 Å². The van der Waals surface area contributed by atoms with Crippen molar-refractivity contribution in [2.75, 3.05) is 0 Å². The minimum absolute atomic E-state index is 0.0722. The van der Waals surface area contributed by atoms with Crippen LogP contribution in [0.5, 0.6) is 11.6 Å². The fraction of sp³-hybridized carbons (Fsp3) is 0.200. The minimum Gasteiger partial charge on any atom is -0.478 e. The molecule has 2 aromatic rings. The molecule has 6 heteroatoms. The van der Waals surface area contributed by atoms with Gasteiger partial charge in [0.25, 0.3) is 0 Å². The molecule has 0 bridgehead atoms. The predicted molar refractivity (Wildman–Crippen MR) is 75.8 cm³/mol. The van der Waals surface area contributed by atoms with Crippen molar-refractivity contribution in [3.63, 3.8) is 0 Å². The van der Waals surface area contributed by atoms with E-state index in [0.717, 1.165) is 6.08 Å². The van der Waals surface area contributed by atoms with E-state index in [4.69, 9.17) is 9.84 Å². The van der Waals surface area contributed by atoms with Crippen LogP contribution < -0.4 is 4.74 Å². The fourth-order valence-electron chi connectivity index (χ4n) is 1.92. The van der Waals surface area contributed by atoms with Crippen LogP contribution in [0.25, 0.3) is 6.08 Å². The van der Waals surface area contributed by atoms with E-state index in [9.17, 15) is 9.18 Å². The summed E-state index contributed by atoms with van der Waals surface area (Å²) in [6, 6.07) is 4.83. The van der Waals surface area contributed by atoms with Gasteiger partial charge in [-0.1, -0.05) is 12.1 Å². The Hall–Kier alpha value is -2.63. The SMILES string of the molecule is Cc1cccc(Oc2c(/C=C/C(=O)O)c(C)nn2C)c1F. The van der Waals surface area contributed by atoms with E-state index in [1.807, 2.05) is 0 Å². The lowest BCUT2D eigenvalue weighted by atomic mass is 10.2. The highest BCUT2D eigenvalue weighted by atomic mass is 19.1. The molecule has 1 N–H and O–H groups in total. The predicted octanol–water partition coefficient (Wildman–Crippen LogP) is 3.07. The van der Waals surface area contributed by atoms with Gasteiger partial charge in [-0.05, 0) is 31.6 Å². The van der Waals surface area contributed by atoms with Crippen molar-refractivity contribution < 1.29 is 19.0 Å². The number of carboxylic acid groups (broad SMARTS) is 1. The van der Waals surface area contributed by atoms with Crippen LogP contribution in [-0.4, -0.2) is 20.9 Å². The van der Waals surface area contributed by atoms with Gasteiger partial charge in [0, 0.05) is 13.1 Å². The summed E-state index contributed by atoms with van der Waals surface area (Å²) in [4.78, 5) is 10.6. The summed E-state index contributed by atoms with van der Waals surface area (Å²) in [6.07, 6.45) is 2.37. The van der Waals surface area contributed by atoms with Crippen molar-refractivity contribution in [1.29, 1.82) is 0 Å². The van der Waals surface area contributed by atoms with Gasteiger partial charge in [0.2, 0.25) is 5.88 Å². The van der Waals surface area contributed by atoms with Crippen molar-refractivity contribution in [3.05, 3.63) is 46.9 Å². The number of nitrogens with zero attached hydrogens (tertiary/aromatic N) is 2. The Morgan fingerprint density at radius 1 is 1.43 bits per heavy atom. The van der Waals surface area contributed by atoms with Crippen LogP contribution >= 0.6 is 0 Å². The van der Waals surface area contributed by atoms with E-state index >= 15 is 0 Å². The Morgan fingerprint density at radius 3 is 2.81 bits per heavy atom. The number of rotatable bonds is 4. The molecular weight excluding hydrogens is 275 g/mol. The first-order chi connectivity index (χ1) is 9.90. The van der Waals surface area contributed by atoms with Crippen molar-refractivity contribution in [2.45, 2.75) is 13.8 Å². The van der Waals surface area contributed by atoms with Crippen molar-refractivity contribution >= 4 is 12.0 Å². The minimum atomic E-state index is -1.08. The van der Waals surface area contributed by atoms with Crippen molar-refractivity contribution in [2.24, 2.45) is 7.05 Å². The van der Waals surface area contributed by atoms with Crippen LogP contribution in [0.3, 0.4) is 0 Å². The summed E-state index contributed by atoms with van der Waals surface area (Å²) in [7, 11) is 1.65. The van der Waals surface area contributed by atoms with Gasteiger partial charge in [-0.3, -0.25) is 0 Å². The molecule has 0 unspecified atom stereocenters. The second-order valence-corrected chi connectivity index (χ2v) is 4.59. The van der Waals surface area contributed by atoms with E-state index in [2.05, 4.69) is 5.10 Å². The molecule has 0 fully saturated rings.